The van der Waals surface area contributed by atoms with Crippen LogP contribution < -0.4 is 5.32 Å². The van der Waals surface area contributed by atoms with Crippen LogP contribution in [0.1, 0.15) is 46.0 Å². The number of hydrogen-bond donors (Lipinski definition) is 1. The van der Waals surface area contributed by atoms with Crippen LogP contribution in [-0.4, -0.2) is 13.1 Å². The van der Waals surface area contributed by atoms with Gasteiger partial charge in [0.2, 0.25) is 0 Å². The summed E-state index contributed by atoms with van der Waals surface area (Å²) < 4.78 is 0. The molecule has 1 N–H and O–H groups in total. The van der Waals surface area contributed by atoms with Gasteiger partial charge in [-0.25, -0.2) is 0 Å². The van der Waals surface area contributed by atoms with Crippen LogP contribution in [0.15, 0.2) is 0 Å². The van der Waals surface area contributed by atoms with E-state index in [1.165, 1.54) is 45.2 Å². The molecule has 1 heterocycles. The Hall–Kier alpha value is -0.0400. The van der Waals surface area contributed by atoms with Gasteiger partial charge in [-0.3, -0.25) is 0 Å². The van der Waals surface area contributed by atoms with Crippen molar-refractivity contribution in [2.24, 2.45) is 17.3 Å². The largest absolute Gasteiger partial charge is 0.316 e. The lowest BCUT2D eigenvalue weighted by atomic mass is 9.76. The van der Waals surface area contributed by atoms with Crippen LogP contribution in [0.2, 0.25) is 0 Å². The van der Waals surface area contributed by atoms with Gasteiger partial charge in [0, 0.05) is 0 Å². The molecule has 0 spiro atoms. The Morgan fingerprint density at radius 1 is 1.15 bits per heavy atom. The summed E-state index contributed by atoms with van der Waals surface area (Å²) >= 11 is 0. The molecule has 0 aromatic rings. The molecule has 2 rings (SSSR count). The van der Waals surface area contributed by atoms with Gasteiger partial charge >= 0.3 is 0 Å². The maximum atomic E-state index is 3.54. The van der Waals surface area contributed by atoms with Gasteiger partial charge in [-0.05, 0) is 56.0 Å². The zero-order valence-corrected chi connectivity index (χ0v) is 9.10. The topological polar surface area (TPSA) is 12.0 Å². The molecular formula is C12H23N. The summed E-state index contributed by atoms with van der Waals surface area (Å²) in [5.74, 6) is 2.02. The third-order valence-electron chi connectivity index (χ3n) is 4.01. The molecule has 2 aliphatic rings. The molecule has 0 bridgehead atoms. The minimum atomic E-state index is 0.622. The zero-order valence-electron chi connectivity index (χ0n) is 9.10. The molecule has 1 aliphatic carbocycles. The van der Waals surface area contributed by atoms with Crippen molar-refractivity contribution in [2.45, 2.75) is 46.0 Å². The minimum absolute atomic E-state index is 0.622. The first-order valence-electron chi connectivity index (χ1n) is 5.88. The van der Waals surface area contributed by atoms with Crippen LogP contribution in [0, 0.1) is 17.3 Å². The molecule has 1 heteroatoms. The number of fused-ring (bicyclic) bond motifs is 1. The van der Waals surface area contributed by atoms with E-state index in [1.54, 1.807) is 0 Å². The summed E-state index contributed by atoms with van der Waals surface area (Å²) in [6.07, 6.45) is 7.27. The molecule has 2 fully saturated rings. The number of rotatable bonds is 0. The van der Waals surface area contributed by atoms with E-state index in [9.17, 15) is 0 Å². The summed E-state index contributed by atoms with van der Waals surface area (Å²) in [7, 11) is 0. The highest BCUT2D eigenvalue weighted by atomic mass is 14.9. The first-order valence-corrected chi connectivity index (χ1v) is 5.88. The SMILES string of the molecule is CC1(C)CCCC2CNCCC2C1. The lowest BCUT2D eigenvalue weighted by molar-refractivity contribution is 0.191. The van der Waals surface area contributed by atoms with E-state index in [-0.39, 0.29) is 0 Å². The molecule has 0 radical (unpaired) electrons. The van der Waals surface area contributed by atoms with Crippen LogP contribution in [0.4, 0.5) is 0 Å². The molecule has 13 heavy (non-hydrogen) atoms. The molecule has 2 atom stereocenters. The van der Waals surface area contributed by atoms with Gasteiger partial charge in [0.1, 0.15) is 0 Å². The van der Waals surface area contributed by atoms with E-state index >= 15 is 0 Å². The molecular weight excluding hydrogens is 158 g/mol. The maximum Gasteiger partial charge on any atom is -0.00179 e. The van der Waals surface area contributed by atoms with E-state index in [0.717, 1.165) is 11.8 Å². The molecule has 0 amide bonds. The quantitative estimate of drug-likeness (QED) is 0.606. The van der Waals surface area contributed by atoms with Gasteiger partial charge < -0.3 is 5.32 Å². The third-order valence-corrected chi connectivity index (χ3v) is 4.01. The molecule has 76 valence electrons. The Kier molecular flexibility index (Phi) is 2.64. The molecule has 0 aromatic heterocycles. The van der Waals surface area contributed by atoms with Crippen molar-refractivity contribution in [3.8, 4) is 0 Å². The van der Waals surface area contributed by atoms with Gasteiger partial charge in [-0.2, -0.15) is 0 Å². The third kappa shape index (κ3) is 2.25. The van der Waals surface area contributed by atoms with E-state index in [4.69, 9.17) is 0 Å². The summed E-state index contributed by atoms with van der Waals surface area (Å²) in [4.78, 5) is 0. The van der Waals surface area contributed by atoms with Gasteiger partial charge in [0.25, 0.3) is 0 Å². The van der Waals surface area contributed by atoms with Crippen molar-refractivity contribution in [1.29, 1.82) is 0 Å². The molecule has 1 aliphatic heterocycles. The lowest BCUT2D eigenvalue weighted by Gasteiger charge is -2.34. The van der Waals surface area contributed by atoms with Crippen molar-refractivity contribution < 1.29 is 0 Å². The second kappa shape index (κ2) is 3.61. The highest BCUT2D eigenvalue weighted by Gasteiger charge is 2.33. The summed E-state index contributed by atoms with van der Waals surface area (Å²) in [5.41, 5.74) is 0.622. The van der Waals surface area contributed by atoms with Crippen LogP contribution in [-0.2, 0) is 0 Å². The maximum absolute atomic E-state index is 3.54. The molecule has 0 aromatic carbocycles. The number of hydrogen-bond acceptors (Lipinski definition) is 1. The van der Waals surface area contributed by atoms with E-state index in [0.29, 0.717) is 5.41 Å². The molecule has 1 saturated carbocycles. The zero-order chi connectivity index (χ0) is 9.31. The minimum Gasteiger partial charge on any atom is -0.316 e. The lowest BCUT2D eigenvalue weighted by Crippen LogP contribution is -2.37. The fraction of sp³-hybridized carbons (Fsp3) is 1.00. The second-order valence-corrected chi connectivity index (χ2v) is 5.77. The van der Waals surface area contributed by atoms with Crippen molar-refractivity contribution in [3.05, 3.63) is 0 Å². The van der Waals surface area contributed by atoms with Crippen molar-refractivity contribution in [3.63, 3.8) is 0 Å². The smallest absolute Gasteiger partial charge is 0.00179 e. The number of piperidine rings is 1. The first-order chi connectivity index (χ1) is 6.17. The fourth-order valence-electron chi connectivity index (χ4n) is 3.24. The second-order valence-electron chi connectivity index (χ2n) is 5.77. The monoisotopic (exact) mass is 181 g/mol. The molecule has 1 nitrogen and oxygen atoms in total. The van der Waals surface area contributed by atoms with E-state index < -0.39 is 0 Å². The van der Waals surface area contributed by atoms with Crippen LogP contribution >= 0.6 is 0 Å². The van der Waals surface area contributed by atoms with Gasteiger partial charge in [-0.15, -0.1) is 0 Å². The van der Waals surface area contributed by atoms with E-state index in [2.05, 4.69) is 19.2 Å². The van der Waals surface area contributed by atoms with Gasteiger partial charge in [0.15, 0.2) is 0 Å². The molecule has 1 saturated heterocycles. The van der Waals surface area contributed by atoms with Gasteiger partial charge in [-0.1, -0.05) is 20.3 Å². The van der Waals surface area contributed by atoms with Gasteiger partial charge in [0.05, 0.1) is 0 Å². The predicted octanol–water partition coefficient (Wildman–Crippen LogP) is 2.81. The average molecular weight is 181 g/mol. The van der Waals surface area contributed by atoms with Crippen molar-refractivity contribution in [1.82, 2.24) is 5.32 Å². The Balaban J connectivity index is 2.03. The average Bonchev–Trinajstić information content (AvgIpc) is 2.21. The van der Waals surface area contributed by atoms with Crippen molar-refractivity contribution in [2.75, 3.05) is 13.1 Å². The highest BCUT2D eigenvalue weighted by Crippen LogP contribution is 2.41. The highest BCUT2D eigenvalue weighted by molar-refractivity contribution is 4.86. The number of nitrogens with one attached hydrogen (secondary N) is 1. The molecule has 2 unspecified atom stereocenters. The fourth-order valence-corrected chi connectivity index (χ4v) is 3.24. The summed E-state index contributed by atoms with van der Waals surface area (Å²) in [6, 6.07) is 0. The van der Waals surface area contributed by atoms with Crippen molar-refractivity contribution >= 4 is 0 Å². The van der Waals surface area contributed by atoms with E-state index in [1.807, 2.05) is 0 Å². The first kappa shape index (κ1) is 9.51. The van der Waals surface area contributed by atoms with Crippen LogP contribution in [0.5, 0.6) is 0 Å². The Labute approximate surface area is 82.3 Å². The summed E-state index contributed by atoms with van der Waals surface area (Å²) in [6.45, 7) is 7.47. The Morgan fingerprint density at radius 3 is 2.85 bits per heavy atom. The van der Waals surface area contributed by atoms with Crippen LogP contribution in [0.25, 0.3) is 0 Å². The normalized spacial score (nSPS) is 39.2. The van der Waals surface area contributed by atoms with Crippen LogP contribution in [0.3, 0.4) is 0 Å². The predicted molar refractivity (Wildman–Crippen MR) is 56.7 cm³/mol. The Bertz CT molecular complexity index is 174. The summed E-state index contributed by atoms with van der Waals surface area (Å²) in [5, 5.41) is 3.54. The Morgan fingerprint density at radius 2 is 2.00 bits per heavy atom. The standard InChI is InChI=1S/C12H23N/c1-12(2)6-3-4-11-9-13-7-5-10(11)8-12/h10-11,13H,3-9H2,1-2H3.